The van der Waals surface area contributed by atoms with E-state index >= 15 is 0 Å². The molecule has 0 saturated heterocycles. The minimum Gasteiger partial charge on any atom is -0.330 e. The summed E-state index contributed by atoms with van der Waals surface area (Å²) in [5.74, 6) is 1.47. The van der Waals surface area contributed by atoms with Crippen LogP contribution >= 0.6 is 0 Å². The number of fused-ring (bicyclic) bond motifs is 1. The maximum Gasteiger partial charge on any atom is 0.178 e. The van der Waals surface area contributed by atoms with Crippen molar-refractivity contribution in [3.63, 3.8) is 0 Å². The molecule has 2 rings (SSSR count). The van der Waals surface area contributed by atoms with Crippen LogP contribution in [0.5, 0.6) is 0 Å². The van der Waals surface area contributed by atoms with Crippen LogP contribution in [0, 0.1) is 6.92 Å². The SMILES string of the molecule is Cc1nc2nc(C(C)C)ccc2n1C. The van der Waals surface area contributed by atoms with Crippen molar-refractivity contribution >= 4 is 11.2 Å². The molecule has 0 aromatic carbocycles. The molecule has 74 valence electrons. The molecule has 0 aliphatic rings. The summed E-state index contributed by atoms with van der Waals surface area (Å²) in [6, 6.07) is 4.17. The molecule has 0 amide bonds. The third-order valence-corrected chi connectivity index (χ3v) is 2.58. The van der Waals surface area contributed by atoms with E-state index in [9.17, 15) is 0 Å². The molecule has 3 heteroatoms. The summed E-state index contributed by atoms with van der Waals surface area (Å²) in [5.41, 5.74) is 3.07. The second-order valence-corrected chi connectivity index (χ2v) is 3.95. The van der Waals surface area contributed by atoms with Gasteiger partial charge in [0.25, 0.3) is 0 Å². The number of aryl methyl sites for hydroxylation is 2. The monoisotopic (exact) mass is 189 g/mol. The van der Waals surface area contributed by atoms with Crippen molar-refractivity contribution in [2.75, 3.05) is 0 Å². The Morgan fingerprint density at radius 2 is 1.93 bits per heavy atom. The number of hydrogen-bond donors (Lipinski definition) is 0. The molecule has 0 atom stereocenters. The summed E-state index contributed by atoms with van der Waals surface area (Å²) in [6.45, 7) is 6.28. The van der Waals surface area contributed by atoms with Crippen molar-refractivity contribution in [3.05, 3.63) is 23.7 Å². The molecule has 0 fully saturated rings. The van der Waals surface area contributed by atoms with Crippen molar-refractivity contribution in [1.82, 2.24) is 14.5 Å². The number of imidazole rings is 1. The molecule has 0 N–H and O–H groups in total. The first-order valence-corrected chi connectivity index (χ1v) is 4.89. The van der Waals surface area contributed by atoms with Crippen molar-refractivity contribution in [2.24, 2.45) is 7.05 Å². The van der Waals surface area contributed by atoms with Gasteiger partial charge < -0.3 is 4.57 Å². The zero-order chi connectivity index (χ0) is 10.3. The largest absolute Gasteiger partial charge is 0.330 e. The Morgan fingerprint density at radius 1 is 1.21 bits per heavy atom. The van der Waals surface area contributed by atoms with E-state index in [0.29, 0.717) is 5.92 Å². The summed E-state index contributed by atoms with van der Waals surface area (Å²) in [6.07, 6.45) is 0. The normalized spacial score (nSPS) is 11.5. The van der Waals surface area contributed by atoms with Gasteiger partial charge in [-0.2, -0.15) is 0 Å². The van der Waals surface area contributed by atoms with E-state index in [1.54, 1.807) is 0 Å². The van der Waals surface area contributed by atoms with Gasteiger partial charge in [-0.1, -0.05) is 13.8 Å². The second-order valence-electron chi connectivity index (χ2n) is 3.95. The summed E-state index contributed by atoms with van der Waals surface area (Å²) in [5, 5.41) is 0. The summed E-state index contributed by atoms with van der Waals surface area (Å²) in [4.78, 5) is 8.93. The Balaban J connectivity index is 2.67. The molecular weight excluding hydrogens is 174 g/mol. The molecule has 0 radical (unpaired) electrons. The average molecular weight is 189 g/mol. The van der Waals surface area contributed by atoms with Crippen molar-refractivity contribution in [1.29, 1.82) is 0 Å². The lowest BCUT2D eigenvalue weighted by Gasteiger charge is -2.03. The highest BCUT2D eigenvalue weighted by Crippen LogP contribution is 2.17. The van der Waals surface area contributed by atoms with Gasteiger partial charge in [-0.05, 0) is 25.0 Å². The Hall–Kier alpha value is -1.38. The van der Waals surface area contributed by atoms with Crippen LogP contribution in [0.25, 0.3) is 11.2 Å². The molecule has 14 heavy (non-hydrogen) atoms. The van der Waals surface area contributed by atoms with Crippen LogP contribution in [0.3, 0.4) is 0 Å². The Bertz CT molecular complexity index is 469. The molecule has 0 bridgehead atoms. The van der Waals surface area contributed by atoms with Crippen molar-refractivity contribution in [2.45, 2.75) is 26.7 Å². The zero-order valence-corrected chi connectivity index (χ0v) is 9.07. The van der Waals surface area contributed by atoms with Gasteiger partial charge in [-0.15, -0.1) is 0 Å². The standard InChI is InChI=1S/C11H15N3/c1-7(2)9-5-6-10-11(13-9)12-8(3)14(10)4/h5-7H,1-4H3. The topological polar surface area (TPSA) is 30.7 Å². The second kappa shape index (κ2) is 3.08. The molecule has 2 aromatic heterocycles. The van der Waals surface area contributed by atoms with Gasteiger partial charge in [0.2, 0.25) is 0 Å². The van der Waals surface area contributed by atoms with Gasteiger partial charge in [0.05, 0.1) is 5.52 Å². The Morgan fingerprint density at radius 3 is 2.57 bits per heavy atom. The van der Waals surface area contributed by atoms with E-state index in [4.69, 9.17) is 0 Å². The van der Waals surface area contributed by atoms with Crippen LogP contribution in [0.2, 0.25) is 0 Å². The molecule has 0 unspecified atom stereocenters. The Labute approximate surface area is 83.8 Å². The molecular formula is C11H15N3. The van der Waals surface area contributed by atoms with E-state index in [1.807, 2.05) is 14.0 Å². The smallest absolute Gasteiger partial charge is 0.178 e. The molecule has 2 aromatic rings. The van der Waals surface area contributed by atoms with E-state index in [2.05, 4.69) is 40.5 Å². The van der Waals surface area contributed by atoms with Gasteiger partial charge in [0, 0.05) is 12.7 Å². The maximum absolute atomic E-state index is 4.52. The van der Waals surface area contributed by atoms with E-state index in [-0.39, 0.29) is 0 Å². The van der Waals surface area contributed by atoms with Crippen LogP contribution in [-0.2, 0) is 7.05 Å². The highest BCUT2D eigenvalue weighted by molar-refractivity contribution is 5.71. The predicted octanol–water partition coefficient (Wildman–Crippen LogP) is 2.40. The number of nitrogens with zero attached hydrogens (tertiary/aromatic N) is 3. The lowest BCUT2D eigenvalue weighted by molar-refractivity contribution is 0.828. The summed E-state index contributed by atoms with van der Waals surface area (Å²) >= 11 is 0. The molecule has 0 aliphatic heterocycles. The van der Waals surface area contributed by atoms with Gasteiger partial charge in [-0.25, -0.2) is 9.97 Å². The third kappa shape index (κ3) is 1.29. The van der Waals surface area contributed by atoms with E-state index in [0.717, 1.165) is 22.7 Å². The number of hydrogen-bond acceptors (Lipinski definition) is 2. The van der Waals surface area contributed by atoms with Crippen LogP contribution < -0.4 is 0 Å². The molecule has 0 spiro atoms. The summed E-state index contributed by atoms with van der Waals surface area (Å²) < 4.78 is 2.06. The lowest BCUT2D eigenvalue weighted by atomic mass is 10.1. The van der Waals surface area contributed by atoms with Crippen molar-refractivity contribution in [3.8, 4) is 0 Å². The van der Waals surface area contributed by atoms with Gasteiger partial charge in [0.1, 0.15) is 5.82 Å². The van der Waals surface area contributed by atoms with Crippen LogP contribution in [-0.4, -0.2) is 14.5 Å². The minimum absolute atomic E-state index is 0.460. The number of pyridine rings is 1. The fourth-order valence-corrected chi connectivity index (χ4v) is 1.52. The molecule has 3 nitrogen and oxygen atoms in total. The minimum atomic E-state index is 0.460. The zero-order valence-electron chi connectivity index (χ0n) is 9.07. The Kier molecular flexibility index (Phi) is 2.02. The first-order chi connectivity index (χ1) is 6.59. The quantitative estimate of drug-likeness (QED) is 0.689. The number of aromatic nitrogens is 3. The van der Waals surface area contributed by atoms with Crippen LogP contribution in [0.1, 0.15) is 31.3 Å². The molecule has 2 heterocycles. The van der Waals surface area contributed by atoms with Crippen LogP contribution in [0.15, 0.2) is 12.1 Å². The first kappa shape index (κ1) is 9.19. The highest BCUT2D eigenvalue weighted by Gasteiger charge is 2.07. The molecule has 0 saturated carbocycles. The predicted molar refractivity (Wildman–Crippen MR) is 57.3 cm³/mol. The van der Waals surface area contributed by atoms with Crippen molar-refractivity contribution < 1.29 is 0 Å². The first-order valence-electron chi connectivity index (χ1n) is 4.89. The highest BCUT2D eigenvalue weighted by atomic mass is 15.1. The van der Waals surface area contributed by atoms with Crippen LogP contribution in [0.4, 0.5) is 0 Å². The molecule has 0 aliphatic carbocycles. The summed E-state index contributed by atoms with van der Waals surface area (Å²) in [7, 11) is 2.02. The number of rotatable bonds is 1. The third-order valence-electron chi connectivity index (χ3n) is 2.58. The van der Waals surface area contributed by atoms with Gasteiger partial charge in [0.15, 0.2) is 5.65 Å². The average Bonchev–Trinajstić information content (AvgIpc) is 2.42. The maximum atomic E-state index is 4.52. The van der Waals surface area contributed by atoms with E-state index < -0.39 is 0 Å². The van der Waals surface area contributed by atoms with Gasteiger partial charge >= 0.3 is 0 Å². The fraction of sp³-hybridized carbons (Fsp3) is 0.455. The van der Waals surface area contributed by atoms with Gasteiger partial charge in [-0.3, -0.25) is 0 Å². The lowest BCUT2D eigenvalue weighted by Crippen LogP contribution is -1.93. The van der Waals surface area contributed by atoms with E-state index in [1.165, 1.54) is 0 Å². The fourth-order valence-electron chi connectivity index (χ4n) is 1.52.